The predicted octanol–water partition coefficient (Wildman–Crippen LogP) is 8.56. The number of nitrogens with zero attached hydrogens (tertiary/aromatic N) is 4. The number of aryl methyl sites for hydroxylation is 1. The number of anilines is 2. The van der Waals surface area contributed by atoms with E-state index in [-0.39, 0.29) is 5.91 Å². The molecule has 2 aliphatic heterocycles. The van der Waals surface area contributed by atoms with Crippen LogP contribution in [0.5, 0.6) is 0 Å². The molecule has 9 heteroatoms. The first-order valence-electron chi connectivity index (χ1n) is 18.1. The molecule has 5 rings (SSSR count). The smallest absolute Gasteiger partial charge is 0.269 e. The molecule has 3 aromatic rings. The third-order valence-corrected chi connectivity index (χ3v) is 10.4. The Morgan fingerprint density at radius 2 is 1.78 bits per heavy atom. The predicted molar refractivity (Wildman–Crippen MR) is 207 cm³/mol. The van der Waals surface area contributed by atoms with Crippen LogP contribution in [0.2, 0.25) is 5.02 Å². The molecule has 0 radical (unpaired) electrons. The topological polar surface area (TPSA) is 86.6 Å². The van der Waals surface area contributed by atoms with Crippen LogP contribution < -0.4 is 16.0 Å². The number of rotatable bonds is 12. The second-order valence-electron chi connectivity index (χ2n) is 13.4. The number of aliphatic imine (C=N–C) groups is 1. The van der Waals surface area contributed by atoms with Crippen LogP contribution in [0.25, 0.3) is 16.8 Å². The fraction of sp³-hybridized carbons (Fsp3) is 0.475. The molecule has 0 atom stereocenters. The average molecular weight is 684 g/mol. The van der Waals surface area contributed by atoms with Crippen LogP contribution in [0.15, 0.2) is 58.7 Å². The van der Waals surface area contributed by atoms with Crippen molar-refractivity contribution in [3.05, 3.63) is 81.5 Å². The lowest BCUT2D eigenvalue weighted by Gasteiger charge is -2.37. The molecule has 1 amide bonds. The van der Waals surface area contributed by atoms with Crippen molar-refractivity contribution in [2.75, 3.05) is 36.8 Å². The first-order valence-corrected chi connectivity index (χ1v) is 18.4. The van der Waals surface area contributed by atoms with Crippen molar-refractivity contribution in [1.82, 2.24) is 19.8 Å². The van der Waals surface area contributed by atoms with Gasteiger partial charge < -0.3 is 20.5 Å². The van der Waals surface area contributed by atoms with E-state index in [1.54, 1.807) is 0 Å². The molecule has 3 heterocycles. The van der Waals surface area contributed by atoms with Gasteiger partial charge in [0.15, 0.2) is 5.82 Å². The van der Waals surface area contributed by atoms with Gasteiger partial charge in [0.25, 0.3) is 5.91 Å². The second kappa shape index (κ2) is 16.8. The van der Waals surface area contributed by atoms with E-state index in [0.717, 1.165) is 122 Å². The van der Waals surface area contributed by atoms with Gasteiger partial charge in [0.2, 0.25) is 0 Å². The molecule has 49 heavy (non-hydrogen) atoms. The summed E-state index contributed by atoms with van der Waals surface area (Å²) in [6.45, 7) is 16.5. The van der Waals surface area contributed by atoms with Crippen LogP contribution in [-0.4, -0.2) is 58.3 Å². The minimum absolute atomic E-state index is 0.195. The molecule has 2 aromatic carbocycles. The highest BCUT2D eigenvalue weighted by atomic mass is 35.5. The third kappa shape index (κ3) is 8.36. The Kier molecular flexibility index (Phi) is 12.5. The minimum Gasteiger partial charge on any atom is -0.352 e. The molecule has 1 fully saturated rings. The third-order valence-electron chi connectivity index (χ3n) is 9.98. The van der Waals surface area contributed by atoms with Gasteiger partial charge in [-0.25, -0.2) is 4.98 Å². The molecule has 0 bridgehead atoms. The summed E-state index contributed by atoms with van der Waals surface area (Å²) >= 11 is 7.16. The Bertz CT molecular complexity index is 1740. The number of benzene rings is 2. The zero-order valence-corrected chi connectivity index (χ0v) is 31.2. The normalized spacial score (nSPS) is 16.7. The van der Waals surface area contributed by atoms with E-state index in [4.69, 9.17) is 21.6 Å². The number of imidazole rings is 1. The summed E-state index contributed by atoms with van der Waals surface area (Å²) in [6, 6.07) is 12.6. The Morgan fingerprint density at radius 3 is 2.47 bits per heavy atom. The molecule has 3 N–H and O–H groups in total. The number of carbonyl (C=O) groups is 1. The molecule has 0 spiro atoms. The van der Waals surface area contributed by atoms with Crippen molar-refractivity contribution in [2.24, 2.45) is 12.0 Å². The highest BCUT2D eigenvalue weighted by molar-refractivity contribution is 6.42. The maximum atomic E-state index is 13.5. The lowest BCUT2D eigenvalue weighted by molar-refractivity contribution is -0.110. The van der Waals surface area contributed by atoms with E-state index in [1.807, 2.05) is 44.2 Å². The SMILES string of the molecule is CC/C=C(/Nc1cccc(-c2cccc(NC(=O)/C(C)=N/C3=C(C)CCN(C4CCNCC4)C3)c2C)c1Cl)c1nc(CC)c(CCC)n1C. The molecular weight excluding hydrogens is 630 g/mol. The molecule has 1 saturated heterocycles. The summed E-state index contributed by atoms with van der Waals surface area (Å²) in [5.74, 6) is 0.721. The van der Waals surface area contributed by atoms with E-state index >= 15 is 0 Å². The van der Waals surface area contributed by atoms with Crippen molar-refractivity contribution >= 4 is 40.3 Å². The zero-order valence-electron chi connectivity index (χ0n) is 30.5. The largest absolute Gasteiger partial charge is 0.352 e. The Balaban J connectivity index is 1.36. The Hall–Kier alpha value is -3.72. The number of aromatic nitrogens is 2. The lowest BCUT2D eigenvalue weighted by Crippen LogP contribution is -2.45. The van der Waals surface area contributed by atoms with E-state index in [1.165, 1.54) is 11.3 Å². The summed E-state index contributed by atoms with van der Waals surface area (Å²) in [7, 11) is 2.10. The van der Waals surface area contributed by atoms with Gasteiger partial charge in [-0.05, 0) is 101 Å². The van der Waals surface area contributed by atoms with Crippen LogP contribution >= 0.6 is 11.6 Å². The highest BCUT2D eigenvalue weighted by Crippen LogP contribution is 2.38. The number of carbonyl (C=O) groups excluding carboxylic acids is 1. The van der Waals surface area contributed by atoms with Crippen LogP contribution in [0.4, 0.5) is 11.4 Å². The van der Waals surface area contributed by atoms with Gasteiger partial charge in [0, 0.05) is 43.1 Å². The number of amides is 1. The second-order valence-corrected chi connectivity index (χ2v) is 13.7. The molecule has 8 nitrogen and oxygen atoms in total. The van der Waals surface area contributed by atoms with Gasteiger partial charge >= 0.3 is 0 Å². The minimum atomic E-state index is -0.195. The van der Waals surface area contributed by atoms with Crippen molar-refractivity contribution in [2.45, 2.75) is 92.5 Å². The zero-order chi connectivity index (χ0) is 35.1. The summed E-state index contributed by atoms with van der Waals surface area (Å²) in [5, 5.41) is 10.8. The number of halogens is 1. The van der Waals surface area contributed by atoms with Gasteiger partial charge in [0.1, 0.15) is 5.71 Å². The van der Waals surface area contributed by atoms with Crippen LogP contribution in [0.3, 0.4) is 0 Å². The van der Waals surface area contributed by atoms with E-state index in [9.17, 15) is 4.79 Å². The Morgan fingerprint density at radius 1 is 1.06 bits per heavy atom. The summed E-state index contributed by atoms with van der Waals surface area (Å²) < 4.78 is 2.22. The molecule has 0 saturated carbocycles. The highest BCUT2D eigenvalue weighted by Gasteiger charge is 2.26. The van der Waals surface area contributed by atoms with Gasteiger partial charge in [-0.2, -0.15) is 0 Å². The quantitative estimate of drug-likeness (QED) is 0.167. The van der Waals surface area contributed by atoms with Crippen LogP contribution in [0, 0.1) is 6.92 Å². The first kappa shape index (κ1) is 36.6. The fourth-order valence-electron chi connectivity index (χ4n) is 7.05. The number of allylic oxidation sites excluding steroid dienone is 1. The molecule has 0 unspecified atom stereocenters. The molecule has 0 aliphatic carbocycles. The summed E-state index contributed by atoms with van der Waals surface area (Å²) in [6.07, 6.45) is 9.29. The van der Waals surface area contributed by atoms with E-state index in [0.29, 0.717) is 16.8 Å². The van der Waals surface area contributed by atoms with Gasteiger partial charge in [-0.15, -0.1) is 0 Å². The Labute approximate surface area is 298 Å². The van der Waals surface area contributed by atoms with Crippen molar-refractivity contribution in [3.63, 3.8) is 0 Å². The monoisotopic (exact) mass is 683 g/mol. The van der Waals surface area contributed by atoms with E-state index < -0.39 is 0 Å². The molecular formula is C40H54ClN7O. The average Bonchev–Trinajstić information content (AvgIpc) is 3.42. The fourth-order valence-corrected chi connectivity index (χ4v) is 7.33. The van der Waals surface area contributed by atoms with Crippen LogP contribution in [0.1, 0.15) is 89.5 Å². The summed E-state index contributed by atoms with van der Waals surface area (Å²) in [4.78, 5) is 26.0. The number of piperidine rings is 1. The van der Waals surface area contributed by atoms with Crippen molar-refractivity contribution in [1.29, 1.82) is 0 Å². The van der Waals surface area contributed by atoms with Gasteiger partial charge in [-0.3, -0.25) is 14.7 Å². The van der Waals surface area contributed by atoms with E-state index in [2.05, 4.69) is 72.3 Å². The summed E-state index contributed by atoms with van der Waals surface area (Å²) in [5.41, 5.74) is 10.5. The first-order chi connectivity index (χ1) is 23.7. The number of nitrogens with one attached hydrogen (secondary N) is 3. The standard InChI is InChI=1S/C40H54ClN7O/c1-8-13-35(39-45-32(10-3)37(14-9-2)47(39)7)44-34-18-12-16-31(38(34)41)30-15-11-17-33(27(30)5)46-40(49)28(6)43-36-25-48(24-21-26(36)4)29-19-22-42-23-20-29/h11-13,15-18,29,42,44H,8-10,14,19-25H2,1-7H3,(H,46,49)/b35-13+,43-28+. The maximum Gasteiger partial charge on any atom is 0.269 e. The van der Waals surface area contributed by atoms with Crippen LogP contribution in [-0.2, 0) is 24.7 Å². The van der Waals surface area contributed by atoms with Gasteiger partial charge in [-0.1, -0.05) is 69.1 Å². The molecule has 262 valence electrons. The van der Waals surface area contributed by atoms with Crippen molar-refractivity contribution in [3.8, 4) is 11.1 Å². The maximum absolute atomic E-state index is 13.5. The van der Waals surface area contributed by atoms with Crippen molar-refractivity contribution < 1.29 is 4.79 Å². The molecule has 2 aliphatic rings. The number of hydrogen-bond donors (Lipinski definition) is 3. The van der Waals surface area contributed by atoms with Gasteiger partial charge in [0.05, 0.1) is 27.8 Å². The number of hydrogen-bond acceptors (Lipinski definition) is 6. The lowest BCUT2D eigenvalue weighted by atomic mass is 9.98. The molecule has 1 aromatic heterocycles.